The monoisotopic (exact) mass is 539 g/mol. The molecule has 39 heavy (non-hydrogen) atoms. The molecule has 6 rings (SSSR count). The van der Waals surface area contributed by atoms with Gasteiger partial charge in [0.2, 0.25) is 11.8 Å². The number of ether oxygens (including phenoxy) is 1. The summed E-state index contributed by atoms with van der Waals surface area (Å²) in [5.41, 5.74) is 7.69. The Morgan fingerprint density at radius 1 is 1.03 bits per heavy atom. The highest BCUT2D eigenvalue weighted by Crippen LogP contribution is 2.24. The van der Waals surface area contributed by atoms with Crippen LogP contribution < -0.4 is 16.3 Å². The summed E-state index contributed by atoms with van der Waals surface area (Å²) in [7, 11) is 1.57. The molecule has 0 spiro atoms. The summed E-state index contributed by atoms with van der Waals surface area (Å²) in [4.78, 5) is 26.8. The van der Waals surface area contributed by atoms with Gasteiger partial charge in [0.1, 0.15) is 17.2 Å². The van der Waals surface area contributed by atoms with Gasteiger partial charge in [-0.2, -0.15) is 9.50 Å². The van der Waals surface area contributed by atoms with Crippen LogP contribution in [0, 0.1) is 11.6 Å². The molecule has 14 heteroatoms. The van der Waals surface area contributed by atoms with Crippen LogP contribution in [0.2, 0.25) is 0 Å². The van der Waals surface area contributed by atoms with Crippen LogP contribution in [0.3, 0.4) is 0 Å². The summed E-state index contributed by atoms with van der Waals surface area (Å²) < 4.78 is 42.8. The summed E-state index contributed by atoms with van der Waals surface area (Å²) in [6, 6.07) is 7.10. The Balaban J connectivity index is 1.28. The number of benzene rings is 1. The third kappa shape index (κ3) is 4.51. The Bertz CT molecular complexity index is 1680. The van der Waals surface area contributed by atoms with Gasteiger partial charge in [0.25, 0.3) is 0 Å². The maximum atomic E-state index is 14.2. The van der Waals surface area contributed by atoms with Crippen molar-refractivity contribution in [3.8, 4) is 11.6 Å². The van der Waals surface area contributed by atoms with Gasteiger partial charge in [-0.25, -0.2) is 18.6 Å². The van der Waals surface area contributed by atoms with Gasteiger partial charge in [-0.3, -0.25) is 14.0 Å². The molecule has 204 valence electrons. The number of hydrogen-bond donors (Lipinski definition) is 1. The average Bonchev–Trinajstić information content (AvgIpc) is 3.66. The number of nitrogens with zero attached hydrogens (tertiary/aromatic N) is 8. The predicted octanol–water partition coefficient (Wildman–Crippen LogP) is 1.83. The Labute approximate surface area is 220 Å². The lowest BCUT2D eigenvalue weighted by Gasteiger charge is -2.36. The molecule has 0 bridgehead atoms. The molecule has 0 radical (unpaired) electrons. The SMILES string of the molecule is COCCn1c(=O)n(CCN2CCN(c3ccc(F)cc3F)CC2)c2nc(N)n3nc(-c4ccco4)nc3c21. The van der Waals surface area contributed by atoms with Crippen LogP contribution in [0.4, 0.5) is 20.4 Å². The van der Waals surface area contributed by atoms with Crippen molar-refractivity contribution in [3.05, 3.63) is 58.7 Å². The van der Waals surface area contributed by atoms with E-state index >= 15 is 0 Å². The van der Waals surface area contributed by atoms with Gasteiger partial charge in [0.05, 0.1) is 25.1 Å². The van der Waals surface area contributed by atoms with E-state index < -0.39 is 11.6 Å². The van der Waals surface area contributed by atoms with E-state index in [-0.39, 0.29) is 11.6 Å². The highest BCUT2D eigenvalue weighted by molar-refractivity contribution is 5.88. The van der Waals surface area contributed by atoms with Crippen molar-refractivity contribution >= 4 is 28.4 Å². The normalized spacial score (nSPS) is 14.7. The molecule has 2 N–H and O–H groups in total. The number of nitrogen functional groups attached to an aromatic ring is 1. The zero-order valence-electron chi connectivity index (χ0n) is 21.3. The van der Waals surface area contributed by atoms with Gasteiger partial charge >= 0.3 is 5.69 Å². The number of methoxy groups -OCH3 is 1. The lowest BCUT2D eigenvalue weighted by Crippen LogP contribution is -2.47. The lowest BCUT2D eigenvalue weighted by molar-refractivity contribution is 0.187. The fourth-order valence-electron chi connectivity index (χ4n) is 4.99. The molecule has 1 aliphatic heterocycles. The van der Waals surface area contributed by atoms with Crippen LogP contribution in [-0.2, 0) is 17.8 Å². The van der Waals surface area contributed by atoms with Gasteiger partial charge in [-0.1, -0.05) is 0 Å². The molecule has 1 aliphatic rings. The number of nitrogens with two attached hydrogens (primary N) is 1. The second-order valence-electron chi connectivity index (χ2n) is 9.29. The topological polar surface area (TPSA) is 125 Å². The van der Waals surface area contributed by atoms with Crippen LogP contribution >= 0.6 is 0 Å². The van der Waals surface area contributed by atoms with Crippen molar-refractivity contribution < 1.29 is 17.9 Å². The molecule has 0 aliphatic carbocycles. The van der Waals surface area contributed by atoms with Crippen molar-refractivity contribution in [2.45, 2.75) is 13.1 Å². The molecule has 0 atom stereocenters. The maximum Gasteiger partial charge on any atom is 0.330 e. The summed E-state index contributed by atoms with van der Waals surface area (Å²) in [5, 5.41) is 4.44. The quantitative estimate of drug-likeness (QED) is 0.314. The number of anilines is 2. The van der Waals surface area contributed by atoms with E-state index in [1.807, 2.05) is 4.90 Å². The Kier molecular flexibility index (Phi) is 6.48. The van der Waals surface area contributed by atoms with Crippen molar-refractivity contribution in [3.63, 3.8) is 0 Å². The second kappa shape index (κ2) is 10.1. The first-order valence-corrected chi connectivity index (χ1v) is 12.5. The number of imidazole rings is 1. The standard InChI is InChI=1S/C25H27F2N9O3/c1-38-14-12-34-20-22(30-24(28)36-23(20)29-21(31-36)19-3-2-13-39-19)35(25(34)37)11-8-32-6-9-33(10-7-32)18-5-4-16(26)15-17(18)27/h2-5,13,15H,6-12,14H2,1H3,(H2,28,30). The van der Waals surface area contributed by atoms with E-state index in [2.05, 4.69) is 20.0 Å². The largest absolute Gasteiger partial charge is 0.461 e. The summed E-state index contributed by atoms with van der Waals surface area (Å²) in [6.07, 6.45) is 1.53. The molecule has 12 nitrogen and oxygen atoms in total. The van der Waals surface area contributed by atoms with Gasteiger partial charge in [-0.05, 0) is 24.3 Å². The third-order valence-corrected chi connectivity index (χ3v) is 6.98. The minimum atomic E-state index is -0.597. The van der Waals surface area contributed by atoms with Crippen molar-refractivity contribution in [2.24, 2.45) is 0 Å². The highest BCUT2D eigenvalue weighted by atomic mass is 19.1. The number of halogens is 2. The van der Waals surface area contributed by atoms with Gasteiger partial charge in [-0.15, -0.1) is 5.10 Å². The van der Waals surface area contributed by atoms with Crippen molar-refractivity contribution in [1.82, 2.24) is 33.6 Å². The van der Waals surface area contributed by atoms with Crippen LogP contribution in [0.5, 0.6) is 0 Å². The Morgan fingerprint density at radius 3 is 2.56 bits per heavy atom. The second-order valence-corrected chi connectivity index (χ2v) is 9.29. The molecule has 5 heterocycles. The van der Waals surface area contributed by atoms with E-state index in [1.165, 1.54) is 22.9 Å². The van der Waals surface area contributed by atoms with Gasteiger partial charge in [0.15, 0.2) is 17.1 Å². The molecule has 1 fully saturated rings. The zero-order valence-corrected chi connectivity index (χ0v) is 21.3. The molecular weight excluding hydrogens is 512 g/mol. The number of furan rings is 1. The smallest absolute Gasteiger partial charge is 0.330 e. The number of piperazine rings is 1. The predicted molar refractivity (Wildman–Crippen MR) is 140 cm³/mol. The third-order valence-electron chi connectivity index (χ3n) is 6.98. The summed E-state index contributed by atoms with van der Waals surface area (Å²) >= 11 is 0. The molecule has 5 aromatic rings. The average molecular weight is 540 g/mol. The van der Waals surface area contributed by atoms with E-state index in [4.69, 9.17) is 14.9 Å². The molecule has 0 amide bonds. The van der Waals surface area contributed by atoms with Gasteiger partial charge < -0.3 is 19.8 Å². The molecule has 0 unspecified atom stereocenters. The van der Waals surface area contributed by atoms with E-state index in [9.17, 15) is 13.6 Å². The van der Waals surface area contributed by atoms with Gasteiger partial charge in [0, 0.05) is 52.4 Å². The van der Waals surface area contributed by atoms with Crippen LogP contribution in [0.25, 0.3) is 28.4 Å². The number of hydrogen-bond acceptors (Lipinski definition) is 9. The lowest BCUT2D eigenvalue weighted by atomic mass is 10.2. The first kappa shape index (κ1) is 25.0. The summed E-state index contributed by atoms with van der Waals surface area (Å²) in [5.74, 6) is -0.279. The van der Waals surface area contributed by atoms with E-state index in [1.54, 1.807) is 28.4 Å². The fraction of sp³-hybridized carbons (Fsp3) is 0.360. The Morgan fingerprint density at radius 2 is 1.85 bits per heavy atom. The number of rotatable bonds is 8. The minimum absolute atomic E-state index is 0.0930. The highest BCUT2D eigenvalue weighted by Gasteiger charge is 2.24. The molecule has 4 aromatic heterocycles. The molecule has 1 saturated heterocycles. The van der Waals surface area contributed by atoms with Crippen molar-refractivity contribution in [2.75, 3.05) is 57.1 Å². The first-order valence-electron chi connectivity index (χ1n) is 12.5. The zero-order chi connectivity index (χ0) is 27.1. The molecule has 1 aromatic carbocycles. The van der Waals surface area contributed by atoms with E-state index in [0.717, 1.165) is 6.07 Å². The van der Waals surface area contributed by atoms with Crippen molar-refractivity contribution in [1.29, 1.82) is 0 Å². The summed E-state index contributed by atoms with van der Waals surface area (Å²) in [6.45, 7) is 4.01. The fourth-order valence-corrected chi connectivity index (χ4v) is 4.99. The Hall–Kier alpha value is -4.30. The minimum Gasteiger partial charge on any atom is -0.461 e. The van der Waals surface area contributed by atoms with Crippen LogP contribution in [0.1, 0.15) is 0 Å². The first-order chi connectivity index (χ1) is 18.9. The van der Waals surface area contributed by atoms with E-state index in [0.29, 0.717) is 86.5 Å². The number of aromatic nitrogens is 6. The molecule has 0 saturated carbocycles. The van der Waals surface area contributed by atoms with Crippen LogP contribution in [0.15, 0.2) is 45.8 Å². The molecular formula is C25H27F2N9O3. The maximum absolute atomic E-state index is 14.2. The van der Waals surface area contributed by atoms with Crippen LogP contribution in [-0.4, -0.2) is 80.1 Å². The number of fused-ring (bicyclic) bond motifs is 3.